The summed E-state index contributed by atoms with van der Waals surface area (Å²) in [5, 5.41) is 12.9. The van der Waals surface area contributed by atoms with Crippen LogP contribution in [0.15, 0.2) is 0 Å². The second kappa shape index (κ2) is 12.5. The monoisotopic (exact) mass is 291 g/mol. The highest BCUT2D eigenvalue weighted by Gasteiger charge is 2.17. The molecule has 5 nitrogen and oxygen atoms in total. The fourth-order valence-electron chi connectivity index (χ4n) is 1.73. The van der Waals surface area contributed by atoms with Crippen molar-refractivity contribution in [1.82, 2.24) is 5.32 Å². The van der Waals surface area contributed by atoms with Gasteiger partial charge in [0.15, 0.2) is 0 Å². The molecule has 0 rings (SSSR count). The van der Waals surface area contributed by atoms with Crippen molar-refractivity contribution in [3.63, 3.8) is 0 Å². The molecule has 0 radical (unpaired) electrons. The van der Waals surface area contributed by atoms with Gasteiger partial charge in [-0.25, -0.2) is 0 Å². The Labute approximate surface area is 124 Å². The van der Waals surface area contributed by atoms with E-state index in [1.165, 1.54) is 0 Å². The lowest BCUT2D eigenvalue weighted by Gasteiger charge is -2.25. The molecule has 0 aliphatic heterocycles. The Morgan fingerprint density at radius 1 is 1.10 bits per heavy atom. The molecule has 0 aliphatic rings. The Hall–Kier alpha value is -0.200. The van der Waals surface area contributed by atoms with Crippen LogP contribution in [-0.2, 0) is 14.2 Å². The van der Waals surface area contributed by atoms with Gasteiger partial charge in [0.1, 0.15) is 0 Å². The SMILES string of the molecule is CCCCOCCOCC(O)CNCC(C)(C)OCC. The van der Waals surface area contributed by atoms with Crippen molar-refractivity contribution in [2.24, 2.45) is 0 Å². The molecule has 0 spiro atoms. The lowest BCUT2D eigenvalue weighted by atomic mass is 10.1. The van der Waals surface area contributed by atoms with Gasteiger partial charge in [-0.15, -0.1) is 0 Å². The van der Waals surface area contributed by atoms with Crippen molar-refractivity contribution in [3.8, 4) is 0 Å². The van der Waals surface area contributed by atoms with Crippen LogP contribution < -0.4 is 5.32 Å². The second-order valence-electron chi connectivity index (χ2n) is 5.52. The van der Waals surface area contributed by atoms with Crippen LogP contribution in [0.5, 0.6) is 0 Å². The maximum Gasteiger partial charge on any atom is 0.0897 e. The minimum atomic E-state index is -0.497. The van der Waals surface area contributed by atoms with E-state index in [4.69, 9.17) is 14.2 Å². The van der Waals surface area contributed by atoms with E-state index in [0.29, 0.717) is 39.5 Å². The van der Waals surface area contributed by atoms with Crippen molar-refractivity contribution < 1.29 is 19.3 Å². The van der Waals surface area contributed by atoms with Gasteiger partial charge >= 0.3 is 0 Å². The van der Waals surface area contributed by atoms with E-state index in [1.54, 1.807) is 0 Å². The van der Waals surface area contributed by atoms with Crippen LogP contribution in [0.1, 0.15) is 40.5 Å². The number of aliphatic hydroxyl groups excluding tert-OH is 1. The van der Waals surface area contributed by atoms with Crippen LogP contribution in [0.2, 0.25) is 0 Å². The number of aliphatic hydroxyl groups is 1. The fraction of sp³-hybridized carbons (Fsp3) is 1.00. The normalized spacial score (nSPS) is 13.7. The average molecular weight is 291 g/mol. The van der Waals surface area contributed by atoms with Crippen molar-refractivity contribution in [3.05, 3.63) is 0 Å². The molecule has 0 saturated carbocycles. The molecule has 20 heavy (non-hydrogen) atoms. The summed E-state index contributed by atoms with van der Waals surface area (Å²) < 4.78 is 16.3. The van der Waals surface area contributed by atoms with Gasteiger partial charge in [-0.05, 0) is 27.2 Å². The predicted octanol–water partition coefficient (Wildman–Crippen LogP) is 1.59. The Morgan fingerprint density at radius 3 is 2.45 bits per heavy atom. The highest BCUT2D eigenvalue weighted by atomic mass is 16.5. The molecule has 0 aromatic carbocycles. The smallest absolute Gasteiger partial charge is 0.0897 e. The molecule has 0 saturated heterocycles. The van der Waals surface area contributed by atoms with Gasteiger partial charge in [-0.1, -0.05) is 13.3 Å². The first-order chi connectivity index (χ1) is 9.52. The number of hydrogen-bond acceptors (Lipinski definition) is 5. The Morgan fingerprint density at radius 2 is 1.80 bits per heavy atom. The molecule has 0 aromatic heterocycles. The number of unbranched alkanes of at least 4 members (excludes halogenated alkanes) is 1. The van der Waals surface area contributed by atoms with E-state index in [0.717, 1.165) is 19.4 Å². The van der Waals surface area contributed by atoms with E-state index < -0.39 is 6.10 Å². The molecule has 0 fully saturated rings. The average Bonchev–Trinajstić information content (AvgIpc) is 2.37. The summed E-state index contributed by atoms with van der Waals surface area (Å²) in [4.78, 5) is 0. The third-order valence-corrected chi connectivity index (χ3v) is 2.79. The molecule has 2 N–H and O–H groups in total. The van der Waals surface area contributed by atoms with Crippen molar-refractivity contribution in [2.45, 2.75) is 52.2 Å². The summed E-state index contributed by atoms with van der Waals surface area (Å²) in [6.45, 7) is 12.3. The van der Waals surface area contributed by atoms with Gasteiger partial charge in [0, 0.05) is 26.3 Å². The molecule has 0 amide bonds. The Balaban J connectivity index is 3.39. The molecule has 1 atom stereocenters. The van der Waals surface area contributed by atoms with Crippen LogP contribution >= 0.6 is 0 Å². The fourth-order valence-corrected chi connectivity index (χ4v) is 1.73. The van der Waals surface area contributed by atoms with Gasteiger partial charge in [0.2, 0.25) is 0 Å². The van der Waals surface area contributed by atoms with E-state index in [2.05, 4.69) is 12.2 Å². The number of rotatable bonds is 14. The lowest BCUT2D eigenvalue weighted by molar-refractivity contribution is -0.0167. The van der Waals surface area contributed by atoms with Crippen LogP contribution in [0.4, 0.5) is 0 Å². The van der Waals surface area contributed by atoms with Crippen molar-refractivity contribution in [1.29, 1.82) is 0 Å². The number of nitrogens with one attached hydrogen (secondary N) is 1. The summed E-state index contributed by atoms with van der Waals surface area (Å²) in [5.74, 6) is 0. The van der Waals surface area contributed by atoms with Crippen LogP contribution in [0.3, 0.4) is 0 Å². The Bertz CT molecular complexity index is 212. The van der Waals surface area contributed by atoms with Gasteiger partial charge < -0.3 is 24.6 Å². The highest BCUT2D eigenvalue weighted by Crippen LogP contribution is 2.06. The lowest BCUT2D eigenvalue weighted by Crippen LogP contribution is -2.41. The van der Waals surface area contributed by atoms with Gasteiger partial charge in [0.05, 0.1) is 31.5 Å². The van der Waals surface area contributed by atoms with E-state index in [1.807, 2.05) is 20.8 Å². The molecule has 122 valence electrons. The van der Waals surface area contributed by atoms with Crippen molar-refractivity contribution in [2.75, 3.05) is 46.1 Å². The summed E-state index contributed by atoms with van der Waals surface area (Å²) in [5.41, 5.74) is -0.206. The topological polar surface area (TPSA) is 60.0 Å². The third-order valence-electron chi connectivity index (χ3n) is 2.79. The standard InChI is InChI=1S/C15H33NO4/c1-5-7-8-18-9-10-19-12-14(17)11-16-13-15(3,4)20-6-2/h14,16-17H,5-13H2,1-4H3. The van der Waals surface area contributed by atoms with E-state index >= 15 is 0 Å². The predicted molar refractivity (Wildman–Crippen MR) is 81.1 cm³/mol. The van der Waals surface area contributed by atoms with Gasteiger partial charge in [-0.2, -0.15) is 0 Å². The summed E-state index contributed by atoms with van der Waals surface area (Å²) in [6.07, 6.45) is 1.73. The molecular weight excluding hydrogens is 258 g/mol. The zero-order chi connectivity index (χ0) is 15.3. The molecular formula is C15H33NO4. The highest BCUT2D eigenvalue weighted by molar-refractivity contribution is 4.72. The van der Waals surface area contributed by atoms with Gasteiger partial charge in [0.25, 0.3) is 0 Å². The first kappa shape index (κ1) is 19.8. The molecule has 0 aromatic rings. The molecule has 0 heterocycles. The van der Waals surface area contributed by atoms with E-state index in [-0.39, 0.29) is 5.60 Å². The molecule has 0 bridgehead atoms. The maximum absolute atomic E-state index is 9.75. The summed E-state index contributed by atoms with van der Waals surface area (Å²) >= 11 is 0. The molecule has 1 unspecified atom stereocenters. The van der Waals surface area contributed by atoms with Crippen LogP contribution in [0.25, 0.3) is 0 Å². The minimum absolute atomic E-state index is 0.206. The number of ether oxygens (including phenoxy) is 3. The third kappa shape index (κ3) is 12.8. The molecule has 5 heteroatoms. The zero-order valence-corrected chi connectivity index (χ0v) is 13.6. The van der Waals surface area contributed by atoms with E-state index in [9.17, 15) is 5.11 Å². The second-order valence-corrected chi connectivity index (χ2v) is 5.52. The Kier molecular flexibility index (Phi) is 12.4. The maximum atomic E-state index is 9.75. The van der Waals surface area contributed by atoms with Crippen molar-refractivity contribution >= 4 is 0 Å². The molecule has 0 aliphatic carbocycles. The number of hydrogen-bond donors (Lipinski definition) is 2. The minimum Gasteiger partial charge on any atom is -0.389 e. The first-order valence-electron chi connectivity index (χ1n) is 7.70. The zero-order valence-electron chi connectivity index (χ0n) is 13.6. The summed E-state index contributed by atoms with van der Waals surface area (Å²) in [6, 6.07) is 0. The van der Waals surface area contributed by atoms with Crippen LogP contribution in [0, 0.1) is 0 Å². The quantitative estimate of drug-likeness (QED) is 0.476. The summed E-state index contributed by atoms with van der Waals surface area (Å²) in [7, 11) is 0. The van der Waals surface area contributed by atoms with Gasteiger partial charge in [-0.3, -0.25) is 0 Å². The first-order valence-corrected chi connectivity index (χ1v) is 7.70. The van der Waals surface area contributed by atoms with Crippen LogP contribution in [-0.4, -0.2) is 62.9 Å². The largest absolute Gasteiger partial charge is 0.389 e.